The molecule has 1 atom stereocenters. The Kier molecular flexibility index (Phi) is 4.65. The van der Waals surface area contributed by atoms with Crippen molar-refractivity contribution in [2.45, 2.75) is 6.04 Å². The Hall–Kier alpha value is -0.320. The maximum absolute atomic E-state index is 9.56. The Morgan fingerprint density at radius 1 is 1.29 bits per heavy atom. The molecule has 1 N–H and O–H groups in total. The Morgan fingerprint density at radius 2 is 2.00 bits per heavy atom. The summed E-state index contributed by atoms with van der Waals surface area (Å²) in [6, 6.07) is 5.41. The minimum atomic E-state index is -0.106. The maximum atomic E-state index is 9.56. The highest BCUT2D eigenvalue weighted by molar-refractivity contribution is 6.42. The van der Waals surface area contributed by atoms with Crippen LogP contribution in [0.1, 0.15) is 11.6 Å². The molecule has 1 heterocycles. The molecule has 0 amide bonds. The Morgan fingerprint density at radius 3 is 2.65 bits per heavy atom. The standard InChI is InChI=1S/C12H15Cl2NO2/c13-10-3-1-2-9(12(10)14)11(8-16)15-4-6-17-7-5-15/h1-3,11,16H,4-8H2/t11-/m1/s1. The minimum absolute atomic E-state index is 0.0278. The van der Waals surface area contributed by atoms with Crippen LogP contribution in [0.4, 0.5) is 0 Å². The van der Waals surface area contributed by atoms with Gasteiger partial charge >= 0.3 is 0 Å². The van der Waals surface area contributed by atoms with Crippen molar-refractivity contribution in [3.8, 4) is 0 Å². The molecule has 1 fully saturated rings. The molecule has 1 aromatic carbocycles. The molecule has 17 heavy (non-hydrogen) atoms. The molecule has 3 nitrogen and oxygen atoms in total. The van der Waals surface area contributed by atoms with E-state index in [4.69, 9.17) is 27.9 Å². The Labute approximate surface area is 111 Å². The van der Waals surface area contributed by atoms with E-state index < -0.39 is 0 Å². The number of halogens is 2. The van der Waals surface area contributed by atoms with Gasteiger partial charge in [0.15, 0.2) is 0 Å². The van der Waals surface area contributed by atoms with Crippen molar-refractivity contribution in [3.05, 3.63) is 33.8 Å². The van der Waals surface area contributed by atoms with Crippen LogP contribution in [0, 0.1) is 0 Å². The number of morpholine rings is 1. The number of hydrogen-bond donors (Lipinski definition) is 1. The van der Waals surface area contributed by atoms with Gasteiger partial charge in [0.05, 0.1) is 35.9 Å². The highest BCUT2D eigenvalue weighted by atomic mass is 35.5. The Balaban J connectivity index is 2.24. The number of nitrogens with zero attached hydrogens (tertiary/aromatic N) is 1. The third kappa shape index (κ3) is 2.92. The van der Waals surface area contributed by atoms with E-state index in [1.807, 2.05) is 12.1 Å². The van der Waals surface area contributed by atoms with Crippen LogP contribution in [-0.2, 0) is 4.74 Å². The third-order valence-electron chi connectivity index (χ3n) is 3.00. The molecule has 0 unspecified atom stereocenters. The van der Waals surface area contributed by atoms with Gasteiger partial charge in [0.1, 0.15) is 0 Å². The zero-order valence-electron chi connectivity index (χ0n) is 9.40. The lowest BCUT2D eigenvalue weighted by molar-refractivity contribution is 0.00262. The molecule has 0 aromatic heterocycles. The number of hydrogen-bond acceptors (Lipinski definition) is 3. The van der Waals surface area contributed by atoms with Gasteiger partial charge in [-0.15, -0.1) is 0 Å². The fraction of sp³-hybridized carbons (Fsp3) is 0.500. The lowest BCUT2D eigenvalue weighted by Crippen LogP contribution is -2.40. The molecule has 94 valence electrons. The van der Waals surface area contributed by atoms with Crippen LogP contribution in [0.2, 0.25) is 10.0 Å². The van der Waals surface area contributed by atoms with Gasteiger partial charge in [-0.1, -0.05) is 35.3 Å². The first-order valence-corrected chi connectivity index (χ1v) is 6.36. The quantitative estimate of drug-likeness (QED) is 0.920. The van der Waals surface area contributed by atoms with E-state index in [0.717, 1.165) is 18.7 Å². The molecule has 2 rings (SSSR count). The zero-order chi connectivity index (χ0) is 12.3. The molecule has 0 radical (unpaired) electrons. The van der Waals surface area contributed by atoms with Crippen LogP contribution in [0.3, 0.4) is 0 Å². The predicted molar refractivity (Wildman–Crippen MR) is 68.7 cm³/mol. The molecule has 1 aromatic rings. The maximum Gasteiger partial charge on any atom is 0.0641 e. The van der Waals surface area contributed by atoms with E-state index in [-0.39, 0.29) is 12.6 Å². The van der Waals surface area contributed by atoms with Crippen molar-refractivity contribution in [1.29, 1.82) is 0 Å². The van der Waals surface area contributed by atoms with Crippen molar-refractivity contribution in [2.24, 2.45) is 0 Å². The van der Waals surface area contributed by atoms with Gasteiger partial charge in [0, 0.05) is 13.1 Å². The summed E-state index contributed by atoms with van der Waals surface area (Å²) in [5.41, 5.74) is 0.878. The summed E-state index contributed by atoms with van der Waals surface area (Å²) in [5.74, 6) is 0. The first-order chi connectivity index (χ1) is 8.24. The van der Waals surface area contributed by atoms with Crippen molar-refractivity contribution in [2.75, 3.05) is 32.9 Å². The van der Waals surface area contributed by atoms with Crippen molar-refractivity contribution < 1.29 is 9.84 Å². The molecule has 0 spiro atoms. The van der Waals surface area contributed by atoms with Crippen molar-refractivity contribution >= 4 is 23.2 Å². The number of aliphatic hydroxyl groups is 1. The summed E-state index contributed by atoms with van der Waals surface area (Å²) in [6.07, 6.45) is 0. The number of rotatable bonds is 3. The second-order valence-corrected chi connectivity index (χ2v) is 4.77. The molecule has 5 heteroatoms. The number of ether oxygens (including phenoxy) is 1. The van der Waals surface area contributed by atoms with E-state index in [2.05, 4.69) is 4.90 Å². The summed E-state index contributed by atoms with van der Waals surface area (Å²) in [7, 11) is 0. The fourth-order valence-corrected chi connectivity index (χ4v) is 2.51. The normalized spacial score (nSPS) is 19.2. The van der Waals surface area contributed by atoms with Gasteiger partial charge in [-0.25, -0.2) is 0 Å². The summed E-state index contributed by atoms with van der Waals surface area (Å²) in [4.78, 5) is 2.17. The lowest BCUT2D eigenvalue weighted by Gasteiger charge is -2.34. The molecular formula is C12H15Cl2NO2. The largest absolute Gasteiger partial charge is 0.394 e. The zero-order valence-corrected chi connectivity index (χ0v) is 10.9. The SMILES string of the molecule is OC[C@H](c1cccc(Cl)c1Cl)N1CCOCC1. The smallest absolute Gasteiger partial charge is 0.0641 e. The monoisotopic (exact) mass is 275 g/mol. The average Bonchev–Trinajstić information content (AvgIpc) is 2.37. The van der Waals surface area contributed by atoms with Gasteiger partial charge in [0.2, 0.25) is 0 Å². The third-order valence-corrected chi connectivity index (χ3v) is 3.83. The number of benzene rings is 1. The topological polar surface area (TPSA) is 32.7 Å². The predicted octanol–water partition coefficient (Wildman–Crippen LogP) is 2.36. The molecule has 0 aliphatic carbocycles. The summed E-state index contributed by atoms with van der Waals surface area (Å²) in [5, 5.41) is 10.6. The molecule has 1 saturated heterocycles. The van der Waals surface area contributed by atoms with Gasteiger partial charge in [0.25, 0.3) is 0 Å². The van der Waals surface area contributed by atoms with Gasteiger partial charge in [-0.2, -0.15) is 0 Å². The summed E-state index contributed by atoms with van der Waals surface area (Å²) < 4.78 is 5.30. The van der Waals surface area contributed by atoms with Crippen LogP contribution < -0.4 is 0 Å². The van der Waals surface area contributed by atoms with E-state index in [1.54, 1.807) is 6.07 Å². The molecule has 1 aliphatic heterocycles. The van der Waals surface area contributed by atoms with E-state index >= 15 is 0 Å². The second kappa shape index (κ2) is 6.03. The molecule has 1 aliphatic rings. The van der Waals surface area contributed by atoms with Crippen LogP contribution in [0.15, 0.2) is 18.2 Å². The second-order valence-electron chi connectivity index (χ2n) is 3.99. The molecule has 0 bridgehead atoms. The highest BCUT2D eigenvalue weighted by Crippen LogP contribution is 2.32. The first kappa shape index (κ1) is 13.1. The van der Waals surface area contributed by atoms with Gasteiger partial charge in [-0.3, -0.25) is 4.90 Å². The van der Waals surface area contributed by atoms with E-state index in [1.165, 1.54) is 0 Å². The minimum Gasteiger partial charge on any atom is -0.394 e. The highest BCUT2D eigenvalue weighted by Gasteiger charge is 2.24. The van der Waals surface area contributed by atoms with E-state index in [0.29, 0.717) is 23.3 Å². The van der Waals surface area contributed by atoms with Crippen LogP contribution >= 0.6 is 23.2 Å². The summed E-state index contributed by atoms with van der Waals surface area (Å²) in [6.45, 7) is 3.01. The van der Waals surface area contributed by atoms with E-state index in [9.17, 15) is 5.11 Å². The van der Waals surface area contributed by atoms with Crippen molar-refractivity contribution in [3.63, 3.8) is 0 Å². The van der Waals surface area contributed by atoms with Gasteiger partial charge in [-0.05, 0) is 11.6 Å². The molecular weight excluding hydrogens is 261 g/mol. The van der Waals surface area contributed by atoms with Crippen LogP contribution in [0.25, 0.3) is 0 Å². The Bertz CT molecular complexity index is 381. The van der Waals surface area contributed by atoms with Gasteiger partial charge < -0.3 is 9.84 Å². The van der Waals surface area contributed by atoms with Crippen LogP contribution in [-0.4, -0.2) is 42.9 Å². The average molecular weight is 276 g/mol. The molecule has 0 saturated carbocycles. The summed E-state index contributed by atoms with van der Waals surface area (Å²) >= 11 is 12.2. The van der Waals surface area contributed by atoms with Crippen LogP contribution in [0.5, 0.6) is 0 Å². The first-order valence-electron chi connectivity index (χ1n) is 5.60. The lowest BCUT2D eigenvalue weighted by atomic mass is 10.1. The fourth-order valence-electron chi connectivity index (χ4n) is 2.08. The van der Waals surface area contributed by atoms with Crippen molar-refractivity contribution in [1.82, 2.24) is 4.90 Å². The number of aliphatic hydroxyl groups excluding tert-OH is 1.